The quantitative estimate of drug-likeness (QED) is 0.756. The molecule has 4 nitrogen and oxygen atoms in total. The second-order valence-corrected chi connectivity index (χ2v) is 7.46. The number of benzene rings is 2. The first-order valence-corrected chi connectivity index (χ1v) is 9.47. The zero-order chi connectivity index (χ0) is 18.7. The van der Waals surface area contributed by atoms with Crippen LogP contribution in [0.1, 0.15) is 23.4 Å². The number of aromatic nitrogens is 2. The lowest BCUT2D eigenvalue weighted by Gasteiger charge is -2.28. The summed E-state index contributed by atoms with van der Waals surface area (Å²) in [5.41, 5.74) is 4.10. The van der Waals surface area contributed by atoms with Crippen LogP contribution in [0, 0.1) is 6.92 Å². The Morgan fingerprint density at radius 2 is 1.70 bits per heavy atom. The summed E-state index contributed by atoms with van der Waals surface area (Å²) in [4.78, 5) is 11.8. The van der Waals surface area contributed by atoms with Crippen LogP contribution < -0.4 is 0 Å². The number of likely N-dealkylation sites (tertiary alicyclic amines) is 1. The van der Waals surface area contributed by atoms with Gasteiger partial charge in [-0.15, -0.1) is 0 Å². The van der Waals surface area contributed by atoms with Gasteiger partial charge in [0.15, 0.2) is 5.82 Å². The van der Waals surface area contributed by atoms with E-state index in [0.29, 0.717) is 0 Å². The number of hydrogen-bond donors (Lipinski definition) is 1. The minimum Gasteiger partial charge on any atom is -0.395 e. The van der Waals surface area contributed by atoms with Crippen LogP contribution in [-0.2, 0) is 12.0 Å². The van der Waals surface area contributed by atoms with Crippen molar-refractivity contribution < 1.29 is 5.11 Å². The maximum Gasteiger partial charge on any atom is 0.159 e. The number of aliphatic hydroxyl groups is 1. The van der Waals surface area contributed by atoms with Crippen molar-refractivity contribution in [1.29, 1.82) is 0 Å². The van der Waals surface area contributed by atoms with Crippen LogP contribution in [0.25, 0.3) is 11.4 Å². The summed E-state index contributed by atoms with van der Waals surface area (Å²) in [6, 6.07) is 22.6. The monoisotopic (exact) mass is 359 g/mol. The van der Waals surface area contributed by atoms with Crippen molar-refractivity contribution in [3.05, 3.63) is 83.7 Å². The third-order valence-corrected chi connectivity index (χ3v) is 5.45. The number of aryl methyl sites for hydroxylation is 1. The Bertz CT molecular complexity index is 898. The summed E-state index contributed by atoms with van der Waals surface area (Å²) < 4.78 is 0. The summed E-state index contributed by atoms with van der Waals surface area (Å²) in [6.07, 6.45) is 0.961. The summed E-state index contributed by atoms with van der Waals surface area (Å²) >= 11 is 0. The summed E-state index contributed by atoms with van der Waals surface area (Å²) in [6.45, 7) is 4.77. The van der Waals surface area contributed by atoms with Crippen LogP contribution in [0.5, 0.6) is 0 Å². The number of rotatable bonds is 5. The van der Waals surface area contributed by atoms with Crippen LogP contribution in [0.3, 0.4) is 0 Å². The first-order valence-electron chi connectivity index (χ1n) is 9.47. The predicted octanol–water partition coefficient (Wildman–Crippen LogP) is 3.59. The van der Waals surface area contributed by atoms with E-state index < -0.39 is 0 Å². The van der Waals surface area contributed by atoms with E-state index in [9.17, 15) is 5.11 Å². The van der Waals surface area contributed by atoms with Gasteiger partial charge in [-0.3, -0.25) is 4.90 Å². The van der Waals surface area contributed by atoms with E-state index in [1.54, 1.807) is 0 Å². The lowest BCUT2D eigenvalue weighted by Crippen LogP contribution is -2.34. The highest BCUT2D eigenvalue weighted by Crippen LogP contribution is 2.34. The highest BCUT2D eigenvalue weighted by Gasteiger charge is 2.39. The van der Waals surface area contributed by atoms with E-state index in [4.69, 9.17) is 4.98 Å². The Morgan fingerprint density at radius 3 is 2.41 bits per heavy atom. The van der Waals surface area contributed by atoms with Crippen molar-refractivity contribution in [2.75, 3.05) is 19.7 Å². The van der Waals surface area contributed by atoms with Gasteiger partial charge in [0.25, 0.3) is 0 Å². The van der Waals surface area contributed by atoms with Gasteiger partial charge in [0.05, 0.1) is 12.3 Å². The first kappa shape index (κ1) is 17.8. The van der Waals surface area contributed by atoms with Crippen molar-refractivity contribution in [2.45, 2.75) is 25.3 Å². The smallest absolute Gasteiger partial charge is 0.159 e. The molecule has 27 heavy (non-hydrogen) atoms. The second kappa shape index (κ2) is 7.59. The van der Waals surface area contributed by atoms with Crippen LogP contribution in [0.2, 0.25) is 0 Å². The van der Waals surface area contributed by atoms with Crippen molar-refractivity contribution in [1.82, 2.24) is 14.9 Å². The topological polar surface area (TPSA) is 49.2 Å². The third-order valence-electron chi connectivity index (χ3n) is 5.45. The molecule has 1 aliphatic heterocycles. The highest BCUT2D eigenvalue weighted by molar-refractivity contribution is 5.54. The fourth-order valence-electron chi connectivity index (χ4n) is 4.00. The van der Waals surface area contributed by atoms with Gasteiger partial charge in [-0.25, -0.2) is 9.97 Å². The molecule has 1 aromatic heterocycles. The van der Waals surface area contributed by atoms with Crippen LogP contribution in [0.4, 0.5) is 0 Å². The lowest BCUT2D eigenvalue weighted by molar-refractivity contribution is 0.188. The van der Waals surface area contributed by atoms with Crippen LogP contribution in [-0.4, -0.2) is 39.7 Å². The van der Waals surface area contributed by atoms with Gasteiger partial charge in [0, 0.05) is 29.8 Å². The van der Waals surface area contributed by atoms with E-state index >= 15 is 0 Å². The first-order chi connectivity index (χ1) is 13.2. The molecule has 1 unspecified atom stereocenters. The van der Waals surface area contributed by atoms with E-state index in [2.05, 4.69) is 40.2 Å². The van der Waals surface area contributed by atoms with Gasteiger partial charge < -0.3 is 5.11 Å². The molecule has 0 radical (unpaired) electrons. The van der Waals surface area contributed by atoms with Crippen molar-refractivity contribution in [3.8, 4) is 11.4 Å². The molecule has 1 aliphatic rings. The molecule has 138 valence electrons. The molecule has 0 saturated carbocycles. The van der Waals surface area contributed by atoms with E-state index in [-0.39, 0.29) is 12.0 Å². The minimum absolute atomic E-state index is 0.172. The SMILES string of the molecule is Cc1cc(CN2CCC(CO)(c3ccccc3)C2)nc(-c2ccccc2)n1. The molecule has 3 aromatic rings. The molecule has 1 fully saturated rings. The fourth-order valence-corrected chi connectivity index (χ4v) is 4.00. The minimum atomic E-state index is -0.175. The summed E-state index contributed by atoms with van der Waals surface area (Å²) in [5.74, 6) is 0.779. The molecule has 0 aliphatic carbocycles. The van der Waals surface area contributed by atoms with Gasteiger partial charge in [0.1, 0.15) is 0 Å². The number of hydrogen-bond acceptors (Lipinski definition) is 4. The molecular formula is C23H25N3O. The Balaban J connectivity index is 1.54. The molecule has 0 spiro atoms. The van der Waals surface area contributed by atoms with Crippen LogP contribution in [0.15, 0.2) is 66.7 Å². The van der Waals surface area contributed by atoms with Gasteiger partial charge in [-0.1, -0.05) is 60.7 Å². The highest BCUT2D eigenvalue weighted by atomic mass is 16.3. The maximum atomic E-state index is 10.1. The predicted molar refractivity (Wildman–Crippen MR) is 107 cm³/mol. The normalized spacial score (nSPS) is 20.1. The molecule has 4 heteroatoms. The molecule has 2 heterocycles. The van der Waals surface area contributed by atoms with E-state index in [1.165, 1.54) is 5.56 Å². The van der Waals surface area contributed by atoms with E-state index in [1.807, 2.05) is 43.3 Å². The Hall–Kier alpha value is -2.56. The molecule has 4 rings (SSSR count). The van der Waals surface area contributed by atoms with Gasteiger partial charge in [-0.05, 0) is 31.5 Å². The van der Waals surface area contributed by atoms with Gasteiger partial charge >= 0.3 is 0 Å². The average Bonchev–Trinajstić information content (AvgIpc) is 3.13. The molecule has 0 amide bonds. The zero-order valence-corrected chi connectivity index (χ0v) is 15.7. The average molecular weight is 359 g/mol. The van der Waals surface area contributed by atoms with Crippen LogP contribution >= 0.6 is 0 Å². The molecule has 1 atom stereocenters. The molecular weight excluding hydrogens is 334 g/mol. The zero-order valence-electron chi connectivity index (χ0n) is 15.7. The standard InChI is InChI=1S/C23H25N3O/c1-18-14-21(25-22(24-18)19-8-4-2-5-9-19)15-26-13-12-23(16-26,17-27)20-10-6-3-7-11-20/h2-11,14,27H,12-13,15-17H2,1H3. The fraction of sp³-hybridized carbons (Fsp3) is 0.304. The Kier molecular flexibility index (Phi) is 5.01. The molecule has 2 aromatic carbocycles. The molecule has 1 N–H and O–H groups in total. The van der Waals surface area contributed by atoms with Crippen molar-refractivity contribution >= 4 is 0 Å². The van der Waals surface area contributed by atoms with Gasteiger partial charge in [-0.2, -0.15) is 0 Å². The molecule has 1 saturated heterocycles. The lowest BCUT2D eigenvalue weighted by atomic mass is 9.80. The second-order valence-electron chi connectivity index (χ2n) is 7.46. The summed E-state index contributed by atoms with van der Waals surface area (Å²) in [7, 11) is 0. The van der Waals surface area contributed by atoms with E-state index in [0.717, 1.165) is 48.8 Å². The summed E-state index contributed by atoms with van der Waals surface area (Å²) in [5, 5.41) is 10.1. The Labute approximate surface area is 160 Å². The number of aliphatic hydroxyl groups excluding tert-OH is 1. The maximum absolute atomic E-state index is 10.1. The van der Waals surface area contributed by atoms with Crippen molar-refractivity contribution in [2.24, 2.45) is 0 Å². The number of nitrogens with zero attached hydrogens (tertiary/aromatic N) is 3. The Morgan fingerprint density at radius 1 is 1.00 bits per heavy atom. The van der Waals surface area contributed by atoms with Gasteiger partial charge in [0.2, 0.25) is 0 Å². The van der Waals surface area contributed by atoms with Crippen molar-refractivity contribution in [3.63, 3.8) is 0 Å². The third kappa shape index (κ3) is 3.77. The largest absolute Gasteiger partial charge is 0.395 e. The molecule has 0 bridgehead atoms.